The third-order valence-corrected chi connectivity index (χ3v) is 4.06. The Bertz CT molecular complexity index is 535. The molecule has 1 aliphatic rings. The molecule has 0 aliphatic carbocycles. The molecule has 0 radical (unpaired) electrons. The highest BCUT2D eigenvalue weighted by molar-refractivity contribution is 5.37. The Balaban J connectivity index is 2.03. The Labute approximate surface area is 126 Å². The summed E-state index contributed by atoms with van der Waals surface area (Å²) in [7, 11) is 1.75. The lowest BCUT2D eigenvalue weighted by Crippen LogP contribution is -2.43. The Morgan fingerprint density at radius 1 is 1.48 bits per heavy atom. The van der Waals surface area contributed by atoms with E-state index >= 15 is 0 Å². The molecular formula is C17H23FN2O. The van der Waals surface area contributed by atoms with Crippen molar-refractivity contribution in [3.63, 3.8) is 0 Å². The average Bonchev–Trinajstić information content (AvgIpc) is 2.49. The summed E-state index contributed by atoms with van der Waals surface area (Å²) < 4.78 is 19.6. The van der Waals surface area contributed by atoms with Crippen molar-refractivity contribution in [2.24, 2.45) is 11.7 Å². The summed E-state index contributed by atoms with van der Waals surface area (Å²) in [5.41, 5.74) is 6.70. The minimum absolute atomic E-state index is 0.202. The fourth-order valence-electron chi connectivity index (χ4n) is 2.70. The maximum atomic E-state index is 14.1. The van der Waals surface area contributed by atoms with Crippen LogP contribution in [0.5, 0.6) is 0 Å². The van der Waals surface area contributed by atoms with Crippen molar-refractivity contribution in [2.75, 3.05) is 26.7 Å². The standard InChI is InChI=1S/C17H23FN2O/c1-13-7-9-20(12-17(13)21-2)11-15-6-5-14(4-3-8-19)10-16(15)18/h5-6,10,13,17H,7-9,11-12,19H2,1-2H3. The molecule has 1 aromatic carbocycles. The number of nitrogens with two attached hydrogens (primary N) is 1. The minimum Gasteiger partial charge on any atom is -0.380 e. The summed E-state index contributed by atoms with van der Waals surface area (Å²) in [5.74, 6) is 5.94. The molecule has 0 spiro atoms. The van der Waals surface area contributed by atoms with Crippen LogP contribution in [0.25, 0.3) is 0 Å². The number of hydrogen-bond donors (Lipinski definition) is 1. The fourth-order valence-corrected chi connectivity index (χ4v) is 2.70. The lowest BCUT2D eigenvalue weighted by atomic mass is 9.95. The third kappa shape index (κ3) is 4.28. The molecule has 0 aromatic heterocycles. The molecule has 0 bridgehead atoms. The molecule has 1 aliphatic heterocycles. The molecule has 2 rings (SSSR count). The number of methoxy groups -OCH3 is 1. The zero-order valence-electron chi connectivity index (χ0n) is 12.7. The molecule has 21 heavy (non-hydrogen) atoms. The van der Waals surface area contributed by atoms with Gasteiger partial charge in [0.2, 0.25) is 0 Å². The van der Waals surface area contributed by atoms with Gasteiger partial charge in [0, 0.05) is 31.3 Å². The number of halogens is 1. The van der Waals surface area contributed by atoms with E-state index in [1.807, 2.05) is 12.1 Å². The second-order valence-corrected chi connectivity index (χ2v) is 5.59. The first kappa shape index (κ1) is 16.0. The molecule has 1 fully saturated rings. The molecule has 4 heteroatoms. The highest BCUT2D eigenvalue weighted by Gasteiger charge is 2.26. The highest BCUT2D eigenvalue weighted by atomic mass is 19.1. The van der Waals surface area contributed by atoms with Gasteiger partial charge >= 0.3 is 0 Å². The van der Waals surface area contributed by atoms with Crippen molar-refractivity contribution in [3.05, 3.63) is 35.1 Å². The van der Waals surface area contributed by atoms with Gasteiger partial charge < -0.3 is 10.5 Å². The molecule has 114 valence electrons. The molecule has 0 saturated carbocycles. The van der Waals surface area contributed by atoms with E-state index in [2.05, 4.69) is 23.7 Å². The largest absolute Gasteiger partial charge is 0.380 e. The first-order valence-corrected chi connectivity index (χ1v) is 7.36. The quantitative estimate of drug-likeness (QED) is 0.865. The monoisotopic (exact) mass is 290 g/mol. The van der Waals surface area contributed by atoms with Gasteiger partial charge in [0.15, 0.2) is 0 Å². The zero-order chi connectivity index (χ0) is 15.2. The summed E-state index contributed by atoms with van der Waals surface area (Å²) in [6.07, 6.45) is 1.32. The molecule has 3 nitrogen and oxygen atoms in total. The Morgan fingerprint density at radius 2 is 2.29 bits per heavy atom. The van der Waals surface area contributed by atoms with Crippen molar-refractivity contribution in [1.82, 2.24) is 4.90 Å². The van der Waals surface area contributed by atoms with Gasteiger partial charge in [-0.15, -0.1) is 0 Å². The summed E-state index contributed by atoms with van der Waals surface area (Å²) in [4.78, 5) is 2.25. The number of piperidine rings is 1. The van der Waals surface area contributed by atoms with Gasteiger partial charge in [-0.2, -0.15) is 0 Å². The first-order chi connectivity index (χ1) is 10.1. The van der Waals surface area contributed by atoms with Gasteiger partial charge in [-0.25, -0.2) is 4.39 Å². The SMILES string of the molecule is COC1CN(Cc2ccc(C#CCN)cc2F)CCC1C. The normalized spacial score (nSPS) is 22.7. The van der Waals surface area contributed by atoms with Crippen LogP contribution in [0.3, 0.4) is 0 Å². The van der Waals surface area contributed by atoms with Gasteiger partial charge in [0.05, 0.1) is 12.6 Å². The van der Waals surface area contributed by atoms with Crippen LogP contribution in [0.1, 0.15) is 24.5 Å². The molecule has 1 aromatic rings. The average molecular weight is 290 g/mol. The van der Waals surface area contributed by atoms with E-state index in [1.165, 1.54) is 6.07 Å². The lowest BCUT2D eigenvalue weighted by molar-refractivity contribution is -0.00772. The smallest absolute Gasteiger partial charge is 0.128 e. The van der Waals surface area contributed by atoms with E-state index in [-0.39, 0.29) is 18.5 Å². The number of rotatable bonds is 3. The summed E-state index contributed by atoms with van der Waals surface area (Å²) >= 11 is 0. The fraction of sp³-hybridized carbons (Fsp3) is 0.529. The zero-order valence-corrected chi connectivity index (χ0v) is 12.7. The van der Waals surface area contributed by atoms with Gasteiger partial charge in [-0.1, -0.05) is 24.8 Å². The number of benzene rings is 1. The molecule has 0 amide bonds. The topological polar surface area (TPSA) is 38.5 Å². The number of likely N-dealkylation sites (tertiary alicyclic amines) is 1. The predicted octanol–water partition coefficient (Wildman–Crippen LogP) is 1.99. The van der Waals surface area contributed by atoms with Gasteiger partial charge in [0.25, 0.3) is 0 Å². The van der Waals surface area contributed by atoms with E-state index in [1.54, 1.807) is 7.11 Å². The van der Waals surface area contributed by atoms with Crippen molar-refractivity contribution in [3.8, 4) is 11.8 Å². The number of ether oxygens (including phenoxy) is 1. The Hall–Kier alpha value is -1.41. The summed E-state index contributed by atoms with van der Waals surface area (Å²) in [6.45, 7) is 4.94. The Kier molecular flexibility index (Phi) is 5.75. The molecule has 2 N–H and O–H groups in total. The van der Waals surface area contributed by atoms with E-state index in [0.29, 0.717) is 23.6 Å². The highest BCUT2D eigenvalue weighted by Crippen LogP contribution is 2.22. The van der Waals surface area contributed by atoms with Crippen LogP contribution >= 0.6 is 0 Å². The first-order valence-electron chi connectivity index (χ1n) is 7.36. The van der Waals surface area contributed by atoms with Crippen LogP contribution in [0.4, 0.5) is 4.39 Å². The summed E-state index contributed by atoms with van der Waals surface area (Å²) in [5, 5.41) is 0. The summed E-state index contributed by atoms with van der Waals surface area (Å²) in [6, 6.07) is 5.15. The molecule has 1 heterocycles. The van der Waals surface area contributed by atoms with Crippen molar-refractivity contribution >= 4 is 0 Å². The van der Waals surface area contributed by atoms with Crippen LogP contribution in [-0.4, -0.2) is 37.7 Å². The predicted molar refractivity (Wildman–Crippen MR) is 82.2 cm³/mol. The van der Waals surface area contributed by atoms with Gasteiger partial charge in [0.1, 0.15) is 5.82 Å². The van der Waals surface area contributed by atoms with Gasteiger partial charge in [-0.05, 0) is 31.0 Å². The van der Waals surface area contributed by atoms with Crippen molar-refractivity contribution in [2.45, 2.75) is 26.0 Å². The van der Waals surface area contributed by atoms with E-state index in [9.17, 15) is 4.39 Å². The van der Waals surface area contributed by atoms with Crippen molar-refractivity contribution in [1.29, 1.82) is 0 Å². The number of nitrogens with zero attached hydrogens (tertiary/aromatic N) is 1. The maximum absolute atomic E-state index is 14.1. The van der Waals surface area contributed by atoms with E-state index in [4.69, 9.17) is 10.5 Å². The van der Waals surface area contributed by atoms with Crippen LogP contribution in [0, 0.1) is 23.6 Å². The van der Waals surface area contributed by atoms with Crippen LogP contribution in [0.15, 0.2) is 18.2 Å². The van der Waals surface area contributed by atoms with E-state index in [0.717, 1.165) is 19.5 Å². The van der Waals surface area contributed by atoms with Crippen molar-refractivity contribution < 1.29 is 9.13 Å². The molecule has 2 unspecified atom stereocenters. The molecule has 1 saturated heterocycles. The molecular weight excluding hydrogens is 267 g/mol. The molecule has 2 atom stereocenters. The lowest BCUT2D eigenvalue weighted by Gasteiger charge is -2.36. The second kappa shape index (κ2) is 7.56. The van der Waals surface area contributed by atoms with Gasteiger partial charge in [-0.3, -0.25) is 4.90 Å². The Morgan fingerprint density at radius 3 is 2.95 bits per heavy atom. The van der Waals surface area contributed by atoms with E-state index < -0.39 is 0 Å². The van der Waals surface area contributed by atoms with Crippen LogP contribution in [-0.2, 0) is 11.3 Å². The third-order valence-electron chi connectivity index (χ3n) is 4.06. The van der Waals surface area contributed by atoms with Crippen LogP contribution in [0.2, 0.25) is 0 Å². The minimum atomic E-state index is -0.202. The maximum Gasteiger partial charge on any atom is 0.128 e. The second-order valence-electron chi connectivity index (χ2n) is 5.59. The van der Waals surface area contributed by atoms with Crippen LogP contribution < -0.4 is 5.73 Å². The number of hydrogen-bond acceptors (Lipinski definition) is 3.